The number of amides is 1. The monoisotopic (exact) mass is 350 g/mol. The Morgan fingerprint density at radius 1 is 1.12 bits per heavy atom. The lowest BCUT2D eigenvalue weighted by molar-refractivity contribution is -0.116. The van der Waals surface area contributed by atoms with Crippen molar-refractivity contribution in [2.45, 2.75) is 13.5 Å². The molecule has 0 aliphatic carbocycles. The topological polar surface area (TPSA) is 77.4 Å². The van der Waals surface area contributed by atoms with Gasteiger partial charge in [0.1, 0.15) is 6.54 Å². The zero-order valence-electron chi connectivity index (χ0n) is 14.3. The number of rotatable bonds is 6. The van der Waals surface area contributed by atoms with Crippen LogP contribution < -0.4 is 5.32 Å². The summed E-state index contributed by atoms with van der Waals surface area (Å²) in [6.07, 6.45) is 2.42. The molecule has 3 rings (SSSR count). The first-order valence-electron chi connectivity index (χ1n) is 8.23. The van der Waals surface area contributed by atoms with Crippen molar-refractivity contribution in [3.8, 4) is 0 Å². The van der Waals surface area contributed by atoms with Gasteiger partial charge in [-0.3, -0.25) is 9.59 Å². The number of nitrogens with one attached hydrogen (secondary N) is 1. The Bertz CT molecular complexity index is 975. The van der Waals surface area contributed by atoms with Crippen LogP contribution in [0, 0.1) is 0 Å². The zero-order chi connectivity index (χ0) is 18.5. The van der Waals surface area contributed by atoms with Gasteiger partial charge in [-0.05, 0) is 25.1 Å². The molecule has 1 N–H and O–H groups in total. The minimum Gasteiger partial charge on any atom is -0.462 e. The highest BCUT2D eigenvalue weighted by molar-refractivity contribution is 6.02. The number of hydrogen-bond donors (Lipinski definition) is 1. The number of hydrogen-bond acceptors (Lipinski definition) is 4. The van der Waals surface area contributed by atoms with E-state index in [1.165, 1.54) is 0 Å². The van der Waals surface area contributed by atoms with Crippen LogP contribution in [-0.4, -0.2) is 29.3 Å². The number of para-hydroxylation sites is 2. The molecule has 0 fully saturated rings. The van der Waals surface area contributed by atoms with Crippen LogP contribution in [0.4, 0.5) is 5.69 Å². The van der Waals surface area contributed by atoms with Gasteiger partial charge in [-0.25, -0.2) is 4.79 Å². The zero-order valence-corrected chi connectivity index (χ0v) is 14.3. The van der Waals surface area contributed by atoms with Gasteiger partial charge in [-0.15, -0.1) is 0 Å². The second-order valence-corrected chi connectivity index (χ2v) is 5.66. The Labute approximate surface area is 150 Å². The molecule has 6 heteroatoms. The summed E-state index contributed by atoms with van der Waals surface area (Å²) in [6, 6.07) is 14.1. The van der Waals surface area contributed by atoms with Gasteiger partial charge in [0, 0.05) is 22.7 Å². The molecule has 0 atom stereocenters. The van der Waals surface area contributed by atoms with Gasteiger partial charge in [0.25, 0.3) is 0 Å². The standard InChI is InChI=1S/C20H18N2O4/c1-2-26-20(25)16-8-3-5-9-17(16)21-19(24)12-22-11-14(13-23)15-7-4-6-10-18(15)22/h3-11,13H,2,12H2,1H3,(H,21,24). The predicted octanol–water partition coefficient (Wildman–Crippen LogP) is 3.27. The SMILES string of the molecule is CCOC(=O)c1ccccc1NC(=O)Cn1cc(C=O)c2ccccc21. The predicted molar refractivity (Wildman–Crippen MR) is 98.4 cm³/mol. The second kappa shape index (κ2) is 7.65. The lowest BCUT2D eigenvalue weighted by Crippen LogP contribution is -2.20. The molecular weight excluding hydrogens is 332 g/mol. The Morgan fingerprint density at radius 3 is 2.62 bits per heavy atom. The van der Waals surface area contributed by atoms with Gasteiger partial charge in [0.2, 0.25) is 5.91 Å². The first-order chi connectivity index (χ1) is 12.6. The fraction of sp³-hybridized carbons (Fsp3) is 0.150. The van der Waals surface area contributed by atoms with Gasteiger partial charge >= 0.3 is 5.97 Å². The van der Waals surface area contributed by atoms with Gasteiger partial charge in [0.15, 0.2) is 6.29 Å². The molecule has 3 aromatic rings. The molecule has 132 valence electrons. The van der Waals surface area contributed by atoms with Gasteiger partial charge in [0.05, 0.1) is 17.9 Å². The number of nitrogens with zero attached hydrogens (tertiary/aromatic N) is 1. The summed E-state index contributed by atoms with van der Waals surface area (Å²) in [5.74, 6) is -0.794. The lowest BCUT2D eigenvalue weighted by Gasteiger charge is -2.11. The van der Waals surface area contributed by atoms with E-state index in [0.29, 0.717) is 16.8 Å². The summed E-state index contributed by atoms with van der Waals surface area (Å²) in [6.45, 7) is 2.00. The smallest absolute Gasteiger partial charge is 0.340 e. The van der Waals surface area contributed by atoms with Crippen molar-refractivity contribution in [1.29, 1.82) is 0 Å². The van der Waals surface area contributed by atoms with E-state index in [1.54, 1.807) is 42.0 Å². The van der Waals surface area contributed by atoms with E-state index in [-0.39, 0.29) is 19.1 Å². The Hall–Kier alpha value is -3.41. The van der Waals surface area contributed by atoms with E-state index in [4.69, 9.17) is 4.74 Å². The Morgan fingerprint density at radius 2 is 1.85 bits per heavy atom. The van der Waals surface area contributed by atoms with Crippen molar-refractivity contribution in [2.75, 3.05) is 11.9 Å². The van der Waals surface area contributed by atoms with E-state index in [2.05, 4.69) is 5.32 Å². The number of carbonyl (C=O) groups excluding carboxylic acids is 3. The summed E-state index contributed by atoms with van der Waals surface area (Å²) in [5, 5.41) is 3.54. The summed E-state index contributed by atoms with van der Waals surface area (Å²) in [7, 11) is 0. The molecule has 1 heterocycles. The fourth-order valence-electron chi connectivity index (χ4n) is 2.82. The summed E-state index contributed by atoms with van der Waals surface area (Å²) in [5.41, 5.74) is 2.01. The molecular formula is C20H18N2O4. The number of fused-ring (bicyclic) bond motifs is 1. The molecule has 0 radical (unpaired) electrons. The minimum absolute atomic E-state index is 0.0194. The first-order valence-corrected chi connectivity index (χ1v) is 8.23. The minimum atomic E-state index is -0.488. The third-order valence-corrected chi connectivity index (χ3v) is 3.96. The van der Waals surface area contributed by atoms with Crippen LogP contribution in [0.25, 0.3) is 10.9 Å². The third kappa shape index (κ3) is 3.49. The van der Waals surface area contributed by atoms with E-state index in [9.17, 15) is 14.4 Å². The number of aldehydes is 1. The van der Waals surface area contributed by atoms with Crippen molar-refractivity contribution >= 4 is 34.8 Å². The number of anilines is 1. The highest BCUT2D eigenvalue weighted by atomic mass is 16.5. The van der Waals surface area contributed by atoms with Crippen LogP contribution in [0.5, 0.6) is 0 Å². The molecule has 0 unspecified atom stereocenters. The van der Waals surface area contributed by atoms with Crippen molar-refractivity contribution in [3.63, 3.8) is 0 Å². The van der Waals surface area contributed by atoms with E-state index in [1.807, 2.05) is 24.3 Å². The summed E-state index contributed by atoms with van der Waals surface area (Å²) < 4.78 is 6.72. The van der Waals surface area contributed by atoms with Crippen molar-refractivity contribution in [3.05, 3.63) is 65.9 Å². The molecule has 0 aliphatic heterocycles. The maximum Gasteiger partial charge on any atom is 0.340 e. The maximum absolute atomic E-state index is 12.5. The quantitative estimate of drug-likeness (QED) is 0.547. The number of carbonyl (C=O) groups is 3. The second-order valence-electron chi connectivity index (χ2n) is 5.66. The van der Waals surface area contributed by atoms with Crippen LogP contribution in [-0.2, 0) is 16.1 Å². The molecule has 26 heavy (non-hydrogen) atoms. The van der Waals surface area contributed by atoms with E-state index < -0.39 is 5.97 Å². The molecule has 6 nitrogen and oxygen atoms in total. The van der Waals surface area contributed by atoms with Crippen LogP contribution in [0.3, 0.4) is 0 Å². The normalized spacial score (nSPS) is 10.5. The van der Waals surface area contributed by atoms with Gasteiger partial charge in [-0.1, -0.05) is 30.3 Å². The number of ether oxygens (including phenoxy) is 1. The average molecular weight is 350 g/mol. The average Bonchev–Trinajstić information content (AvgIpc) is 3.00. The first kappa shape index (κ1) is 17.4. The van der Waals surface area contributed by atoms with Crippen molar-refractivity contribution in [2.24, 2.45) is 0 Å². The molecule has 0 spiro atoms. The van der Waals surface area contributed by atoms with E-state index in [0.717, 1.165) is 17.2 Å². The lowest BCUT2D eigenvalue weighted by atomic mass is 10.2. The van der Waals surface area contributed by atoms with E-state index >= 15 is 0 Å². The van der Waals surface area contributed by atoms with Crippen LogP contribution >= 0.6 is 0 Å². The van der Waals surface area contributed by atoms with Gasteiger partial charge < -0.3 is 14.6 Å². The molecule has 0 aliphatic rings. The van der Waals surface area contributed by atoms with Gasteiger partial charge in [-0.2, -0.15) is 0 Å². The Kier molecular flexibility index (Phi) is 5.12. The number of benzene rings is 2. The molecule has 0 saturated heterocycles. The fourth-order valence-corrected chi connectivity index (χ4v) is 2.82. The maximum atomic E-state index is 12.5. The van der Waals surface area contributed by atoms with Crippen LogP contribution in [0.2, 0.25) is 0 Å². The Balaban J connectivity index is 1.83. The summed E-state index contributed by atoms with van der Waals surface area (Å²) >= 11 is 0. The molecule has 1 amide bonds. The highest BCUT2D eigenvalue weighted by Crippen LogP contribution is 2.21. The molecule has 0 bridgehead atoms. The molecule has 0 saturated carbocycles. The van der Waals surface area contributed by atoms with Crippen LogP contribution in [0.1, 0.15) is 27.6 Å². The largest absolute Gasteiger partial charge is 0.462 e. The molecule has 2 aromatic carbocycles. The highest BCUT2D eigenvalue weighted by Gasteiger charge is 2.15. The van der Waals surface area contributed by atoms with Crippen molar-refractivity contribution < 1.29 is 19.1 Å². The van der Waals surface area contributed by atoms with Crippen LogP contribution in [0.15, 0.2) is 54.7 Å². The van der Waals surface area contributed by atoms with Crippen molar-refractivity contribution in [1.82, 2.24) is 4.57 Å². The third-order valence-electron chi connectivity index (χ3n) is 3.96. The number of aromatic nitrogens is 1. The molecule has 1 aromatic heterocycles. The summed E-state index contributed by atoms with van der Waals surface area (Å²) in [4.78, 5) is 35.7. The number of esters is 1.